The zero-order valence-corrected chi connectivity index (χ0v) is 15.5. The van der Waals surface area contributed by atoms with Crippen molar-refractivity contribution in [1.29, 1.82) is 0 Å². The zero-order chi connectivity index (χ0) is 18.4. The molecule has 0 aliphatic rings. The Kier molecular flexibility index (Phi) is 11.2. The first kappa shape index (κ1) is 21.9. The van der Waals surface area contributed by atoms with E-state index < -0.39 is 11.7 Å². The smallest absolute Gasteiger partial charge is 0.407 e. The molecule has 0 fully saturated rings. The second-order valence-electron chi connectivity index (χ2n) is 6.32. The van der Waals surface area contributed by atoms with Gasteiger partial charge in [0, 0.05) is 31.9 Å². The van der Waals surface area contributed by atoms with Crippen LogP contribution in [0.5, 0.6) is 0 Å². The van der Waals surface area contributed by atoms with Crippen LogP contribution in [-0.2, 0) is 16.1 Å². The summed E-state index contributed by atoms with van der Waals surface area (Å²) in [5, 5.41) is 5.28. The zero-order valence-electron chi connectivity index (χ0n) is 15.5. The van der Waals surface area contributed by atoms with Crippen molar-refractivity contribution in [3.8, 4) is 0 Å². The van der Waals surface area contributed by atoms with Gasteiger partial charge >= 0.3 is 6.09 Å². The van der Waals surface area contributed by atoms with Crippen molar-refractivity contribution in [2.75, 3.05) is 6.54 Å². The predicted molar refractivity (Wildman–Crippen MR) is 95.5 cm³/mol. The second kappa shape index (κ2) is 12.3. The van der Waals surface area contributed by atoms with Gasteiger partial charge in [-0.05, 0) is 32.4 Å². The number of nitrogens with one attached hydrogen (secondary N) is 2. The molecule has 0 radical (unpaired) electrons. The van der Waals surface area contributed by atoms with Gasteiger partial charge in [-0.25, -0.2) is 4.79 Å². The Morgan fingerprint density at radius 3 is 2.33 bits per heavy atom. The maximum Gasteiger partial charge on any atom is 0.407 e. The van der Waals surface area contributed by atoms with E-state index in [1.807, 2.05) is 12.1 Å². The molecular weight excluding hydrogens is 306 g/mol. The molecule has 0 aromatic carbocycles. The van der Waals surface area contributed by atoms with Gasteiger partial charge in [-0.1, -0.05) is 32.8 Å². The van der Waals surface area contributed by atoms with Gasteiger partial charge < -0.3 is 15.4 Å². The summed E-state index contributed by atoms with van der Waals surface area (Å²) >= 11 is 0. The first-order valence-electron chi connectivity index (χ1n) is 8.41. The summed E-state index contributed by atoms with van der Waals surface area (Å²) in [6.07, 6.45) is 5.70. The van der Waals surface area contributed by atoms with Crippen LogP contribution in [0.4, 0.5) is 4.79 Å². The van der Waals surface area contributed by atoms with Crippen LogP contribution < -0.4 is 10.6 Å². The van der Waals surface area contributed by atoms with E-state index in [-0.39, 0.29) is 18.9 Å². The third kappa shape index (κ3) is 13.5. The standard InChI is InChI=1S/C14H21N3O3.C4H10/c1-14(2,3)20-13(19)16-8-6-12(18)17-10-11-5-4-7-15-9-11;1-3-4-2/h4-5,7,9H,6,8,10H2,1-3H3,(H,16,19)(H,17,18);3-4H2,1-2H3. The number of amides is 2. The van der Waals surface area contributed by atoms with Gasteiger partial charge in [0.05, 0.1) is 0 Å². The number of hydrogen-bond donors (Lipinski definition) is 2. The van der Waals surface area contributed by atoms with E-state index in [1.165, 1.54) is 12.8 Å². The van der Waals surface area contributed by atoms with Crippen LogP contribution in [0, 0.1) is 0 Å². The van der Waals surface area contributed by atoms with Crippen molar-refractivity contribution in [2.45, 2.75) is 66.0 Å². The quantitative estimate of drug-likeness (QED) is 0.833. The number of hydrogen-bond acceptors (Lipinski definition) is 4. The highest BCUT2D eigenvalue weighted by molar-refractivity contribution is 5.77. The van der Waals surface area contributed by atoms with E-state index in [0.717, 1.165) is 5.56 Å². The summed E-state index contributed by atoms with van der Waals surface area (Å²) in [6, 6.07) is 3.69. The lowest BCUT2D eigenvalue weighted by Crippen LogP contribution is -2.35. The second-order valence-corrected chi connectivity index (χ2v) is 6.32. The van der Waals surface area contributed by atoms with Crippen molar-refractivity contribution >= 4 is 12.0 Å². The number of carbonyl (C=O) groups is 2. The lowest BCUT2D eigenvalue weighted by Gasteiger charge is -2.19. The summed E-state index contributed by atoms with van der Waals surface area (Å²) in [7, 11) is 0. The van der Waals surface area contributed by atoms with E-state index in [9.17, 15) is 9.59 Å². The Morgan fingerprint density at radius 1 is 1.17 bits per heavy atom. The maximum absolute atomic E-state index is 11.6. The van der Waals surface area contributed by atoms with Crippen molar-refractivity contribution in [3.05, 3.63) is 30.1 Å². The fraction of sp³-hybridized carbons (Fsp3) is 0.611. The summed E-state index contributed by atoms with van der Waals surface area (Å²) in [5.74, 6) is -0.134. The molecule has 0 unspecified atom stereocenters. The first-order chi connectivity index (χ1) is 11.3. The molecule has 0 atom stereocenters. The lowest BCUT2D eigenvalue weighted by molar-refractivity contribution is -0.121. The topological polar surface area (TPSA) is 80.3 Å². The minimum absolute atomic E-state index is 0.134. The van der Waals surface area contributed by atoms with Crippen molar-refractivity contribution in [3.63, 3.8) is 0 Å². The number of pyridine rings is 1. The minimum Gasteiger partial charge on any atom is -0.444 e. The van der Waals surface area contributed by atoms with Gasteiger partial charge in [-0.15, -0.1) is 0 Å². The Labute approximate surface area is 145 Å². The lowest BCUT2D eigenvalue weighted by atomic mass is 10.2. The molecule has 1 heterocycles. The molecule has 1 aromatic heterocycles. The largest absolute Gasteiger partial charge is 0.444 e. The number of alkyl carbamates (subject to hydrolysis) is 1. The molecule has 0 saturated heterocycles. The number of aromatic nitrogens is 1. The number of nitrogens with zero attached hydrogens (tertiary/aromatic N) is 1. The van der Waals surface area contributed by atoms with Crippen LogP contribution in [0.25, 0.3) is 0 Å². The van der Waals surface area contributed by atoms with Gasteiger partial charge in [-0.3, -0.25) is 9.78 Å². The van der Waals surface area contributed by atoms with E-state index in [4.69, 9.17) is 4.74 Å². The Morgan fingerprint density at radius 2 is 1.83 bits per heavy atom. The molecule has 6 nitrogen and oxygen atoms in total. The molecule has 0 bridgehead atoms. The van der Waals surface area contributed by atoms with E-state index in [0.29, 0.717) is 6.54 Å². The summed E-state index contributed by atoms with van der Waals surface area (Å²) < 4.78 is 5.06. The van der Waals surface area contributed by atoms with Gasteiger partial charge in [0.15, 0.2) is 0 Å². The van der Waals surface area contributed by atoms with Gasteiger partial charge in [0.25, 0.3) is 0 Å². The highest BCUT2D eigenvalue weighted by Crippen LogP contribution is 2.06. The molecule has 2 N–H and O–H groups in total. The maximum atomic E-state index is 11.6. The first-order valence-corrected chi connectivity index (χ1v) is 8.41. The van der Waals surface area contributed by atoms with Crippen molar-refractivity contribution in [1.82, 2.24) is 15.6 Å². The molecule has 2 amide bonds. The molecule has 0 spiro atoms. The monoisotopic (exact) mass is 337 g/mol. The third-order valence-corrected chi connectivity index (χ3v) is 2.73. The fourth-order valence-corrected chi connectivity index (χ4v) is 1.38. The Bertz CT molecular complexity index is 468. The van der Waals surface area contributed by atoms with Crippen LogP contribution in [-0.4, -0.2) is 29.1 Å². The van der Waals surface area contributed by atoms with Crippen LogP contribution in [0.2, 0.25) is 0 Å². The van der Waals surface area contributed by atoms with Crippen LogP contribution in [0.1, 0.15) is 59.4 Å². The molecule has 1 rings (SSSR count). The van der Waals surface area contributed by atoms with Gasteiger partial charge in [0.1, 0.15) is 5.60 Å². The highest BCUT2D eigenvalue weighted by Gasteiger charge is 2.15. The number of unbranched alkanes of at least 4 members (excludes halogenated alkanes) is 1. The van der Waals surface area contributed by atoms with E-state index >= 15 is 0 Å². The highest BCUT2D eigenvalue weighted by atomic mass is 16.6. The van der Waals surface area contributed by atoms with Crippen LogP contribution in [0.15, 0.2) is 24.5 Å². The molecule has 0 aliphatic heterocycles. The van der Waals surface area contributed by atoms with Gasteiger partial charge in [-0.2, -0.15) is 0 Å². The Balaban J connectivity index is 0.00000118. The molecule has 0 aliphatic carbocycles. The van der Waals surface area contributed by atoms with E-state index in [1.54, 1.807) is 33.2 Å². The minimum atomic E-state index is -0.535. The average Bonchev–Trinajstić information content (AvgIpc) is 2.52. The van der Waals surface area contributed by atoms with Crippen LogP contribution in [0.3, 0.4) is 0 Å². The summed E-state index contributed by atoms with van der Waals surface area (Å²) in [4.78, 5) is 26.9. The van der Waals surface area contributed by atoms with Crippen molar-refractivity contribution in [2.24, 2.45) is 0 Å². The molecular formula is C18H31N3O3. The fourth-order valence-electron chi connectivity index (χ4n) is 1.38. The predicted octanol–water partition coefficient (Wildman–Crippen LogP) is 3.42. The number of rotatable bonds is 6. The van der Waals surface area contributed by atoms with Gasteiger partial charge in [0.2, 0.25) is 5.91 Å². The normalized spacial score (nSPS) is 10.2. The molecule has 1 aromatic rings. The molecule has 6 heteroatoms. The molecule has 136 valence electrons. The Hall–Kier alpha value is -2.11. The average molecular weight is 337 g/mol. The van der Waals surface area contributed by atoms with E-state index in [2.05, 4.69) is 29.5 Å². The number of ether oxygens (including phenoxy) is 1. The molecule has 24 heavy (non-hydrogen) atoms. The summed E-state index contributed by atoms with van der Waals surface area (Å²) in [5.41, 5.74) is 0.396. The third-order valence-electron chi connectivity index (χ3n) is 2.73. The van der Waals surface area contributed by atoms with Crippen LogP contribution >= 0.6 is 0 Å². The SMILES string of the molecule is CC(C)(C)OC(=O)NCCC(=O)NCc1cccnc1.CCCC. The number of carbonyl (C=O) groups excluding carboxylic acids is 2. The molecule has 0 saturated carbocycles. The summed E-state index contributed by atoms with van der Waals surface area (Å²) in [6.45, 7) is 10.4. The van der Waals surface area contributed by atoms with Crippen molar-refractivity contribution < 1.29 is 14.3 Å².